The topological polar surface area (TPSA) is 24.9 Å². The maximum atomic E-state index is 6.03. The van der Waals surface area contributed by atoms with E-state index in [-0.39, 0.29) is 0 Å². The van der Waals surface area contributed by atoms with Crippen LogP contribution in [0.4, 0.5) is 0 Å². The molecule has 156 valence electrons. The van der Waals surface area contributed by atoms with E-state index < -0.39 is 14.2 Å². The molecule has 6 heteroatoms. The Hall–Kier alpha value is 0.440. The zero-order chi connectivity index (χ0) is 20.1. The zero-order valence-corrected chi connectivity index (χ0v) is 20.4. The highest BCUT2D eigenvalue weighted by Crippen LogP contribution is 2.42. The number of hydrogen-bond acceptors (Lipinski definition) is 4. The van der Waals surface area contributed by atoms with Gasteiger partial charge in [0.2, 0.25) is 0 Å². The molecule has 0 aliphatic carbocycles. The Morgan fingerprint density at radius 1 is 0.923 bits per heavy atom. The molecule has 0 bridgehead atoms. The zero-order valence-electron chi connectivity index (χ0n) is 18.6. The van der Waals surface area contributed by atoms with Crippen LogP contribution in [0.5, 0.6) is 0 Å². The molecule has 0 saturated carbocycles. The lowest BCUT2D eigenvalue weighted by Gasteiger charge is -2.27. The van der Waals surface area contributed by atoms with E-state index in [0.717, 1.165) is 12.6 Å². The van der Waals surface area contributed by atoms with Crippen LogP contribution in [0.2, 0.25) is 0 Å². The lowest BCUT2D eigenvalue weighted by molar-refractivity contribution is 0.161. The van der Waals surface area contributed by atoms with Crippen molar-refractivity contribution < 1.29 is 9.05 Å². The third kappa shape index (κ3) is 8.63. The fraction of sp³-hybridized carbons (Fsp3) is 0.900. The number of rotatable bonds is 6. The summed E-state index contributed by atoms with van der Waals surface area (Å²) < 4.78 is 12.0. The number of likely N-dealkylation sites (tertiary alicyclic amines) is 2. The van der Waals surface area contributed by atoms with E-state index >= 15 is 0 Å². The first-order valence-corrected chi connectivity index (χ1v) is 15.6. The van der Waals surface area contributed by atoms with Crippen molar-refractivity contribution in [2.24, 2.45) is 0 Å². The van der Waals surface area contributed by atoms with Crippen molar-refractivity contribution in [1.29, 1.82) is 0 Å². The summed E-state index contributed by atoms with van der Waals surface area (Å²) in [5.74, 6) is 0. The number of hydrogen-bond donors (Lipinski definition) is 0. The molecule has 0 N–H and O–H groups in total. The summed E-state index contributed by atoms with van der Waals surface area (Å²) in [6, 6.07) is 1.33. The Balaban J connectivity index is 0.000000260. The Labute approximate surface area is 163 Å². The van der Waals surface area contributed by atoms with Crippen LogP contribution < -0.4 is 0 Å². The molecule has 0 aromatic carbocycles. The van der Waals surface area contributed by atoms with Crippen molar-refractivity contribution in [3.05, 3.63) is 0 Å². The van der Waals surface area contributed by atoms with Crippen molar-refractivity contribution in [1.82, 2.24) is 9.80 Å². The molecule has 2 fully saturated rings. The molecule has 26 heavy (non-hydrogen) atoms. The minimum absolute atomic E-state index is 0.427. The van der Waals surface area contributed by atoms with Crippen LogP contribution in [0.1, 0.15) is 39.5 Å². The molecule has 2 heterocycles. The highest BCUT2D eigenvalue weighted by Gasteiger charge is 2.32. The molecular weight excluding hydrogens is 362 g/mol. The minimum atomic E-state index is -1.32. The second kappa shape index (κ2) is 10.3. The van der Waals surface area contributed by atoms with Gasteiger partial charge in [-0.05, 0) is 80.7 Å². The lowest BCUT2D eigenvalue weighted by Crippen LogP contribution is -2.32. The Kier molecular flexibility index (Phi) is 9.68. The van der Waals surface area contributed by atoms with E-state index in [0.29, 0.717) is 18.2 Å². The van der Waals surface area contributed by atoms with Crippen molar-refractivity contribution in [2.45, 2.75) is 63.8 Å². The predicted molar refractivity (Wildman–Crippen MR) is 124 cm³/mol. The molecule has 2 aliphatic rings. The summed E-state index contributed by atoms with van der Waals surface area (Å²) in [5, 5.41) is 0. The molecule has 4 atom stereocenters. The fourth-order valence-electron chi connectivity index (χ4n) is 4.02. The average Bonchev–Trinajstić information content (AvgIpc) is 2.98. The summed E-state index contributed by atoms with van der Waals surface area (Å²) >= 11 is 0. The van der Waals surface area contributed by atoms with Crippen LogP contribution in [0.3, 0.4) is 0 Å². The van der Waals surface area contributed by atoms with Gasteiger partial charge >= 0.3 is 0 Å². The summed E-state index contributed by atoms with van der Waals surface area (Å²) in [6.45, 7) is 15.3. The van der Waals surface area contributed by atoms with Gasteiger partial charge in [-0.25, -0.2) is 0 Å². The molecule has 0 aromatic heterocycles. The molecule has 2 rings (SSSR count). The van der Waals surface area contributed by atoms with Gasteiger partial charge in [-0.1, -0.05) is 26.4 Å². The molecule has 4 unspecified atom stereocenters. The van der Waals surface area contributed by atoms with Crippen molar-refractivity contribution >= 4 is 26.8 Å². The lowest BCUT2D eigenvalue weighted by atomic mass is 10.1. The van der Waals surface area contributed by atoms with Gasteiger partial charge in [0.1, 0.15) is 0 Å². The number of likely N-dealkylation sites (N-methyl/N-ethyl adjacent to an activating group) is 2. The first-order valence-electron chi connectivity index (χ1n) is 10.00. The average molecular weight is 407 g/mol. The molecular formula is C20H44N2O2P2. The van der Waals surface area contributed by atoms with Gasteiger partial charge < -0.3 is 18.8 Å². The van der Waals surface area contributed by atoms with Gasteiger partial charge in [0.05, 0.1) is 12.2 Å². The standard InChI is InChI=1S/2C10H22NOP/c1-6-9-7-10(8-11(9)2)12-13(3,4)5;1-6-9-10(7-8-11(9)2)12-13(3,4)5/h2*9-10H,3,6-8H2,1-2,4-5H3. The molecule has 0 aromatic rings. The maximum Gasteiger partial charge on any atom is 0.0782 e. The molecule has 0 radical (unpaired) electrons. The Morgan fingerprint density at radius 2 is 1.50 bits per heavy atom. The smallest absolute Gasteiger partial charge is 0.0782 e. The Bertz CT molecular complexity index is 514. The quantitative estimate of drug-likeness (QED) is 0.617. The third-order valence-electron chi connectivity index (χ3n) is 5.16. The molecule has 0 amide bonds. The summed E-state index contributed by atoms with van der Waals surface area (Å²) in [7, 11) is 1.75. The Morgan fingerprint density at radius 3 is 1.92 bits per heavy atom. The van der Waals surface area contributed by atoms with Crippen LogP contribution in [0.25, 0.3) is 0 Å². The van der Waals surface area contributed by atoms with E-state index in [1.807, 2.05) is 0 Å². The summed E-state index contributed by atoms with van der Waals surface area (Å²) in [6.07, 6.45) is 13.8. The van der Waals surface area contributed by atoms with Gasteiger partial charge in [-0.3, -0.25) is 0 Å². The highest BCUT2D eigenvalue weighted by molar-refractivity contribution is 7.68. The summed E-state index contributed by atoms with van der Waals surface area (Å²) in [5.41, 5.74) is 0. The van der Waals surface area contributed by atoms with Crippen molar-refractivity contribution in [3.8, 4) is 0 Å². The SMILES string of the molecule is C=P(C)(C)OC1CC(CC)N(C)C1.C=P(C)(C)OC1CCN(C)C1CC. The van der Waals surface area contributed by atoms with Crippen LogP contribution in [0.15, 0.2) is 0 Å². The van der Waals surface area contributed by atoms with E-state index in [2.05, 4.69) is 77.0 Å². The molecule has 2 aliphatic heterocycles. The second-order valence-electron chi connectivity index (χ2n) is 9.00. The highest BCUT2D eigenvalue weighted by atomic mass is 31.2. The van der Waals surface area contributed by atoms with Crippen LogP contribution in [0, 0.1) is 0 Å². The second-order valence-corrected chi connectivity index (χ2v) is 15.7. The number of nitrogens with zero attached hydrogens (tertiary/aromatic N) is 2. The normalized spacial score (nSPS) is 31.1. The largest absolute Gasteiger partial charge is 0.358 e. The first kappa shape index (κ1) is 24.5. The van der Waals surface area contributed by atoms with Crippen molar-refractivity contribution in [3.63, 3.8) is 0 Å². The van der Waals surface area contributed by atoms with E-state index in [1.54, 1.807) is 0 Å². The molecule has 2 saturated heterocycles. The van der Waals surface area contributed by atoms with Gasteiger partial charge in [0.15, 0.2) is 0 Å². The fourth-order valence-corrected chi connectivity index (χ4v) is 5.96. The van der Waals surface area contributed by atoms with E-state index in [4.69, 9.17) is 9.05 Å². The van der Waals surface area contributed by atoms with Crippen LogP contribution >= 0.6 is 14.2 Å². The summed E-state index contributed by atoms with van der Waals surface area (Å²) in [4.78, 5) is 4.81. The van der Waals surface area contributed by atoms with Gasteiger partial charge in [-0.2, -0.15) is 0 Å². The van der Waals surface area contributed by atoms with E-state index in [1.165, 1.54) is 32.2 Å². The van der Waals surface area contributed by atoms with Crippen molar-refractivity contribution in [2.75, 3.05) is 53.8 Å². The van der Waals surface area contributed by atoms with Crippen LogP contribution in [-0.2, 0) is 9.05 Å². The predicted octanol–water partition coefficient (Wildman–Crippen LogP) is 4.22. The minimum Gasteiger partial charge on any atom is -0.358 e. The molecule has 0 spiro atoms. The monoisotopic (exact) mass is 406 g/mol. The molecule has 4 nitrogen and oxygen atoms in total. The van der Waals surface area contributed by atoms with Gasteiger partial charge in [0, 0.05) is 25.2 Å². The van der Waals surface area contributed by atoms with Gasteiger partial charge in [0.25, 0.3) is 0 Å². The third-order valence-corrected chi connectivity index (χ3v) is 6.87. The van der Waals surface area contributed by atoms with E-state index in [9.17, 15) is 0 Å². The van der Waals surface area contributed by atoms with Gasteiger partial charge in [-0.15, -0.1) is 0 Å². The first-order chi connectivity index (χ1) is 11.9. The maximum absolute atomic E-state index is 6.03. The van der Waals surface area contributed by atoms with Crippen LogP contribution in [-0.4, -0.2) is 101 Å².